The van der Waals surface area contributed by atoms with E-state index in [0.29, 0.717) is 12.8 Å². The number of ether oxygens (including phenoxy) is 2. The molecule has 17 heavy (non-hydrogen) atoms. The number of cyclic esters (lactones) is 1. The fourth-order valence-corrected chi connectivity index (χ4v) is 2.17. The molecule has 1 rings (SSSR count). The summed E-state index contributed by atoms with van der Waals surface area (Å²) in [5.41, 5.74) is 0.0282. The molecule has 3 unspecified atom stereocenters. The molecule has 1 heterocycles. The van der Waals surface area contributed by atoms with Crippen LogP contribution in [0.15, 0.2) is 0 Å². The lowest BCUT2D eigenvalue weighted by Gasteiger charge is -2.37. The van der Waals surface area contributed by atoms with E-state index in [1.54, 1.807) is 0 Å². The Hall–Kier alpha value is -1.06. The highest BCUT2D eigenvalue weighted by Gasteiger charge is 2.40. The van der Waals surface area contributed by atoms with Crippen LogP contribution < -0.4 is 0 Å². The van der Waals surface area contributed by atoms with E-state index in [4.69, 9.17) is 9.47 Å². The van der Waals surface area contributed by atoms with Crippen LogP contribution in [0.1, 0.15) is 47.5 Å². The molecule has 1 aliphatic rings. The quantitative estimate of drug-likeness (QED) is 0.697. The smallest absolute Gasteiger partial charge is 0.306 e. The minimum atomic E-state index is -0.324. The summed E-state index contributed by atoms with van der Waals surface area (Å²) in [7, 11) is 0. The van der Waals surface area contributed by atoms with Gasteiger partial charge in [0.15, 0.2) is 0 Å². The van der Waals surface area contributed by atoms with Crippen molar-refractivity contribution in [2.24, 2.45) is 11.3 Å². The van der Waals surface area contributed by atoms with E-state index in [-0.39, 0.29) is 35.5 Å². The Bertz CT molecular complexity index is 303. The van der Waals surface area contributed by atoms with Crippen LogP contribution >= 0.6 is 0 Å². The molecule has 0 aromatic heterocycles. The lowest BCUT2D eigenvalue weighted by atomic mass is 9.82. The van der Waals surface area contributed by atoms with Crippen LogP contribution in [0.25, 0.3) is 0 Å². The van der Waals surface area contributed by atoms with Crippen molar-refractivity contribution >= 4 is 11.9 Å². The Labute approximate surface area is 103 Å². The average Bonchev–Trinajstić information content (AvgIpc) is 2.07. The third-order valence-electron chi connectivity index (χ3n) is 2.81. The monoisotopic (exact) mass is 242 g/mol. The third-order valence-corrected chi connectivity index (χ3v) is 2.81. The summed E-state index contributed by atoms with van der Waals surface area (Å²) in [4.78, 5) is 22.5. The molecular formula is C13H22O4. The molecule has 0 aromatic rings. The first-order valence-corrected chi connectivity index (χ1v) is 6.06. The van der Waals surface area contributed by atoms with Crippen LogP contribution in [-0.2, 0) is 19.1 Å². The van der Waals surface area contributed by atoms with Crippen LogP contribution in [-0.4, -0.2) is 24.1 Å². The highest BCUT2D eigenvalue weighted by Crippen LogP contribution is 2.32. The van der Waals surface area contributed by atoms with E-state index >= 15 is 0 Å². The zero-order valence-corrected chi connectivity index (χ0v) is 11.3. The zero-order chi connectivity index (χ0) is 13.2. The van der Waals surface area contributed by atoms with Crippen LogP contribution in [0.4, 0.5) is 0 Å². The number of carbonyl (C=O) groups excluding carboxylic acids is 2. The maximum absolute atomic E-state index is 11.4. The summed E-state index contributed by atoms with van der Waals surface area (Å²) in [6, 6.07) is 0. The third kappa shape index (κ3) is 4.36. The van der Waals surface area contributed by atoms with Crippen LogP contribution in [0.2, 0.25) is 0 Å². The van der Waals surface area contributed by atoms with Crippen LogP contribution in [0.5, 0.6) is 0 Å². The molecule has 4 heteroatoms. The van der Waals surface area contributed by atoms with Crippen molar-refractivity contribution in [2.45, 2.75) is 59.7 Å². The molecule has 1 saturated heterocycles. The van der Waals surface area contributed by atoms with E-state index in [0.717, 1.165) is 0 Å². The van der Waals surface area contributed by atoms with Gasteiger partial charge in [-0.3, -0.25) is 9.59 Å². The Morgan fingerprint density at radius 1 is 1.47 bits per heavy atom. The van der Waals surface area contributed by atoms with Gasteiger partial charge in [-0.1, -0.05) is 27.7 Å². The van der Waals surface area contributed by atoms with Crippen LogP contribution in [0, 0.1) is 11.3 Å². The summed E-state index contributed by atoms with van der Waals surface area (Å²) >= 11 is 0. The Morgan fingerprint density at radius 2 is 2.06 bits per heavy atom. The predicted molar refractivity (Wildman–Crippen MR) is 63.3 cm³/mol. The number of hydrogen-bond donors (Lipinski definition) is 0. The second-order valence-electron chi connectivity index (χ2n) is 6.05. The first-order valence-electron chi connectivity index (χ1n) is 6.06. The van der Waals surface area contributed by atoms with Crippen molar-refractivity contribution in [1.29, 1.82) is 0 Å². The van der Waals surface area contributed by atoms with Gasteiger partial charge in [-0.05, 0) is 11.8 Å². The molecule has 0 amide bonds. The van der Waals surface area contributed by atoms with E-state index < -0.39 is 0 Å². The first kappa shape index (κ1) is 14.0. The van der Waals surface area contributed by atoms with Gasteiger partial charge in [0.1, 0.15) is 12.2 Å². The molecule has 1 fully saturated rings. The molecule has 98 valence electrons. The number of carbonyl (C=O) groups is 2. The van der Waals surface area contributed by atoms with Crippen molar-refractivity contribution in [3.8, 4) is 0 Å². The predicted octanol–water partition coefficient (Wildman–Crippen LogP) is 2.31. The highest BCUT2D eigenvalue weighted by atomic mass is 16.6. The molecule has 0 spiro atoms. The molecule has 0 N–H and O–H groups in total. The van der Waals surface area contributed by atoms with Gasteiger partial charge in [-0.25, -0.2) is 0 Å². The number of rotatable bonds is 2. The zero-order valence-electron chi connectivity index (χ0n) is 11.3. The molecule has 4 nitrogen and oxygen atoms in total. The topological polar surface area (TPSA) is 52.6 Å². The Morgan fingerprint density at radius 3 is 2.53 bits per heavy atom. The Balaban J connectivity index is 2.78. The largest absolute Gasteiger partial charge is 0.458 e. The summed E-state index contributed by atoms with van der Waals surface area (Å²) in [6.07, 6.45) is 0.374. The normalized spacial score (nSPS) is 29.7. The molecule has 0 bridgehead atoms. The second kappa shape index (κ2) is 5.07. The summed E-state index contributed by atoms with van der Waals surface area (Å²) in [5, 5.41) is 0. The van der Waals surface area contributed by atoms with E-state index in [1.807, 2.05) is 6.92 Å². The van der Waals surface area contributed by atoms with Crippen molar-refractivity contribution in [3.05, 3.63) is 0 Å². The summed E-state index contributed by atoms with van der Waals surface area (Å²) < 4.78 is 10.6. The molecule has 0 saturated carbocycles. The summed E-state index contributed by atoms with van der Waals surface area (Å²) in [5.74, 6) is -0.499. The van der Waals surface area contributed by atoms with Gasteiger partial charge in [-0.15, -0.1) is 0 Å². The Kier molecular flexibility index (Phi) is 4.17. The van der Waals surface area contributed by atoms with E-state index in [1.165, 1.54) is 6.92 Å². The maximum Gasteiger partial charge on any atom is 0.306 e. The number of esters is 2. The fourth-order valence-electron chi connectivity index (χ4n) is 2.17. The molecule has 0 aliphatic carbocycles. The van der Waals surface area contributed by atoms with Crippen molar-refractivity contribution < 1.29 is 19.1 Å². The van der Waals surface area contributed by atoms with Gasteiger partial charge in [0.25, 0.3) is 0 Å². The van der Waals surface area contributed by atoms with E-state index in [9.17, 15) is 9.59 Å². The highest BCUT2D eigenvalue weighted by molar-refractivity contribution is 5.71. The fraction of sp³-hybridized carbons (Fsp3) is 0.846. The minimum Gasteiger partial charge on any atom is -0.458 e. The van der Waals surface area contributed by atoms with Gasteiger partial charge < -0.3 is 9.47 Å². The van der Waals surface area contributed by atoms with Gasteiger partial charge >= 0.3 is 11.9 Å². The van der Waals surface area contributed by atoms with Gasteiger partial charge in [-0.2, -0.15) is 0 Å². The average molecular weight is 242 g/mol. The molecule has 3 atom stereocenters. The van der Waals surface area contributed by atoms with Gasteiger partial charge in [0.2, 0.25) is 0 Å². The first-order chi connectivity index (χ1) is 7.69. The standard InChI is InChI=1S/C13H22O4/c1-8-6-11(15)17-10(7-13(3,4)5)12(8)16-9(2)14/h8,10,12H,6-7H2,1-5H3. The molecular weight excluding hydrogens is 220 g/mol. The lowest BCUT2D eigenvalue weighted by Crippen LogP contribution is -2.46. The number of hydrogen-bond acceptors (Lipinski definition) is 4. The van der Waals surface area contributed by atoms with Crippen molar-refractivity contribution in [1.82, 2.24) is 0 Å². The summed E-state index contributed by atoms with van der Waals surface area (Å²) in [6.45, 7) is 9.53. The minimum absolute atomic E-state index is 0.0208. The molecule has 1 aliphatic heterocycles. The van der Waals surface area contributed by atoms with E-state index in [2.05, 4.69) is 20.8 Å². The van der Waals surface area contributed by atoms with Crippen LogP contribution in [0.3, 0.4) is 0 Å². The lowest BCUT2D eigenvalue weighted by molar-refractivity contribution is -0.185. The van der Waals surface area contributed by atoms with Crippen molar-refractivity contribution in [3.63, 3.8) is 0 Å². The maximum atomic E-state index is 11.4. The molecule has 0 aromatic carbocycles. The molecule has 0 radical (unpaired) electrons. The SMILES string of the molecule is CC(=O)OC1C(C)CC(=O)OC1CC(C)(C)C. The van der Waals surface area contributed by atoms with Gasteiger partial charge in [0.05, 0.1) is 6.42 Å². The van der Waals surface area contributed by atoms with Gasteiger partial charge in [0, 0.05) is 12.8 Å². The van der Waals surface area contributed by atoms with Crippen molar-refractivity contribution in [2.75, 3.05) is 0 Å². The second-order valence-corrected chi connectivity index (χ2v) is 6.05.